The van der Waals surface area contributed by atoms with Crippen LogP contribution in [0.25, 0.3) is 0 Å². The van der Waals surface area contributed by atoms with Crippen LogP contribution in [-0.2, 0) is 0 Å². The van der Waals surface area contributed by atoms with E-state index >= 15 is 0 Å². The van der Waals surface area contributed by atoms with Gasteiger partial charge in [-0.3, -0.25) is 9.56 Å². The molecule has 2 aromatic rings. The van der Waals surface area contributed by atoms with Crippen LogP contribution in [0.5, 0.6) is 5.75 Å². The Labute approximate surface area is 134 Å². The van der Waals surface area contributed by atoms with Gasteiger partial charge in [0.15, 0.2) is 0 Å². The third-order valence-electron chi connectivity index (χ3n) is 3.46. The highest BCUT2D eigenvalue weighted by Gasteiger charge is 2.13. The molecule has 0 N–H and O–H groups in total. The number of aryl methyl sites for hydroxylation is 2. The molecule has 0 aliphatic rings. The molecule has 0 radical (unpaired) electrons. The summed E-state index contributed by atoms with van der Waals surface area (Å²) in [7, 11) is -1.13. The number of nitrogens with zero attached hydrogens (tertiary/aromatic N) is 3. The van der Waals surface area contributed by atoms with Crippen LogP contribution in [0, 0.1) is 13.8 Å². The van der Waals surface area contributed by atoms with E-state index in [4.69, 9.17) is 9.42 Å². The quantitative estimate of drug-likeness (QED) is 0.488. The lowest BCUT2D eigenvalue weighted by Crippen LogP contribution is -2.14. The molecule has 0 aliphatic heterocycles. The highest BCUT2D eigenvalue weighted by atomic mass is 28.3. The van der Waals surface area contributed by atoms with Crippen LogP contribution in [0.4, 0.5) is 0 Å². The van der Waals surface area contributed by atoms with Crippen molar-refractivity contribution in [1.82, 2.24) is 9.55 Å². The lowest BCUT2D eigenvalue weighted by molar-refractivity contribution is 0.563. The van der Waals surface area contributed by atoms with E-state index in [-0.39, 0.29) is 6.04 Å². The maximum absolute atomic E-state index is 6.03. The summed E-state index contributed by atoms with van der Waals surface area (Å²) in [6.45, 7) is 12.5. The van der Waals surface area contributed by atoms with Gasteiger partial charge in [-0.25, -0.2) is 4.98 Å². The minimum atomic E-state index is -1.13. The van der Waals surface area contributed by atoms with Crippen LogP contribution in [0.15, 0.2) is 35.5 Å². The van der Waals surface area contributed by atoms with Crippen molar-refractivity contribution in [2.24, 2.45) is 4.99 Å². The van der Waals surface area contributed by atoms with Gasteiger partial charge in [0.1, 0.15) is 17.4 Å². The maximum Gasteiger partial charge on any atom is 0.229 e. The fourth-order valence-corrected chi connectivity index (χ4v) is 3.27. The fourth-order valence-electron chi connectivity index (χ4n) is 2.54. The molecule has 0 amide bonds. The highest BCUT2D eigenvalue weighted by molar-refractivity contribution is 6.49. The van der Waals surface area contributed by atoms with Crippen LogP contribution in [0.2, 0.25) is 13.1 Å². The van der Waals surface area contributed by atoms with E-state index in [1.165, 1.54) is 0 Å². The van der Waals surface area contributed by atoms with Crippen molar-refractivity contribution in [3.8, 4) is 5.75 Å². The summed E-state index contributed by atoms with van der Waals surface area (Å²) in [5.41, 5.74) is 2.15. The maximum atomic E-state index is 6.03. The summed E-state index contributed by atoms with van der Waals surface area (Å²) in [4.78, 5) is 9.27. The standard InChI is InChI=1S/C17H25N3OSi/c1-12-11-20(14(3)18-12)15(4)19-13(2)16-9-7-8-10-17(16)21-22(5)6/h7-11,13,22H,1-6H3. The molecule has 1 aromatic carbocycles. The predicted octanol–water partition coefficient (Wildman–Crippen LogP) is 3.89. The summed E-state index contributed by atoms with van der Waals surface area (Å²) in [5.74, 6) is 2.87. The van der Waals surface area contributed by atoms with Crippen molar-refractivity contribution in [1.29, 1.82) is 0 Å². The molecule has 0 saturated heterocycles. The Balaban J connectivity index is 2.30. The van der Waals surface area contributed by atoms with E-state index in [1.54, 1.807) is 0 Å². The molecule has 22 heavy (non-hydrogen) atoms. The van der Waals surface area contributed by atoms with Crippen LogP contribution in [0.3, 0.4) is 0 Å². The van der Waals surface area contributed by atoms with E-state index in [2.05, 4.69) is 31.1 Å². The van der Waals surface area contributed by atoms with Gasteiger partial charge in [-0.1, -0.05) is 18.2 Å². The molecule has 0 bridgehead atoms. The van der Waals surface area contributed by atoms with Gasteiger partial charge in [-0.15, -0.1) is 0 Å². The van der Waals surface area contributed by atoms with Crippen molar-refractivity contribution < 1.29 is 4.43 Å². The average Bonchev–Trinajstić information content (AvgIpc) is 2.77. The van der Waals surface area contributed by atoms with Crippen LogP contribution in [0.1, 0.15) is 37.0 Å². The molecule has 0 spiro atoms. The Morgan fingerprint density at radius 3 is 2.55 bits per heavy atom. The molecule has 1 unspecified atom stereocenters. The Morgan fingerprint density at radius 2 is 1.95 bits per heavy atom. The third kappa shape index (κ3) is 3.85. The first-order chi connectivity index (χ1) is 10.4. The monoisotopic (exact) mass is 315 g/mol. The van der Waals surface area contributed by atoms with Gasteiger partial charge in [0.25, 0.3) is 0 Å². The number of benzene rings is 1. The molecular formula is C17H25N3OSi. The molecule has 2 rings (SSSR count). The van der Waals surface area contributed by atoms with Gasteiger partial charge in [-0.2, -0.15) is 0 Å². The SMILES string of the molecule is CC(=NC(C)c1ccccc1O[SiH](C)C)n1cc(C)nc1C. The lowest BCUT2D eigenvalue weighted by Gasteiger charge is -2.17. The molecule has 118 valence electrons. The van der Waals surface area contributed by atoms with E-state index in [0.717, 1.165) is 28.7 Å². The Bertz CT molecular complexity index is 676. The van der Waals surface area contributed by atoms with Gasteiger partial charge >= 0.3 is 0 Å². The number of para-hydroxylation sites is 1. The zero-order valence-corrected chi connectivity index (χ0v) is 15.4. The van der Waals surface area contributed by atoms with Crippen molar-refractivity contribution in [2.75, 3.05) is 0 Å². The van der Waals surface area contributed by atoms with Crippen LogP contribution < -0.4 is 4.43 Å². The number of hydrogen-bond donors (Lipinski definition) is 0. The van der Waals surface area contributed by atoms with Crippen LogP contribution >= 0.6 is 0 Å². The van der Waals surface area contributed by atoms with Gasteiger partial charge in [0.2, 0.25) is 9.04 Å². The smallest absolute Gasteiger partial charge is 0.229 e. The minimum absolute atomic E-state index is 0.0473. The topological polar surface area (TPSA) is 39.4 Å². The zero-order chi connectivity index (χ0) is 16.3. The summed E-state index contributed by atoms with van der Waals surface area (Å²) in [5, 5.41) is 0. The number of aliphatic imine (C=N–C) groups is 1. The fraction of sp³-hybridized carbons (Fsp3) is 0.412. The van der Waals surface area contributed by atoms with Crippen LogP contribution in [-0.4, -0.2) is 24.4 Å². The van der Waals surface area contributed by atoms with Crippen molar-refractivity contribution >= 4 is 14.9 Å². The first kappa shape index (κ1) is 16.5. The number of imidazole rings is 1. The van der Waals surface area contributed by atoms with Crippen molar-refractivity contribution in [2.45, 2.75) is 46.8 Å². The Hall–Kier alpha value is -1.88. The van der Waals surface area contributed by atoms with E-state index < -0.39 is 9.04 Å². The number of rotatable bonds is 4. The highest BCUT2D eigenvalue weighted by Crippen LogP contribution is 2.28. The summed E-state index contributed by atoms with van der Waals surface area (Å²) >= 11 is 0. The molecular weight excluding hydrogens is 290 g/mol. The average molecular weight is 315 g/mol. The van der Waals surface area contributed by atoms with E-state index in [1.807, 2.05) is 49.7 Å². The van der Waals surface area contributed by atoms with Crippen molar-refractivity contribution in [3.63, 3.8) is 0 Å². The third-order valence-corrected chi connectivity index (χ3v) is 4.19. The first-order valence-electron chi connectivity index (χ1n) is 7.71. The lowest BCUT2D eigenvalue weighted by atomic mass is 10.1. The predicted molar refractivity (Wildman–Crippen MR) is 94.6 cm³/mol. The van der Waals surface area contributed by atoms with Gasteiger partial charge in [0, 0.05) is 11.8 Å². The number of hydrogen-bond acceptors (Lipinski definition) is 3. The van der Waals surface area contributed by atoms with Crippen molar-refractivity contribution in [3.05, 3.63) is 47.5 Å². The van der Waals surface area contributed by atoms with E-state index in [9.17, 15) is 0 Å². The van der Waals surface area contributed by atoms with Gasteiger partial charge < -0.3 is 4.43 Å². The molecule has 0 fully saturated rings. The van der Waals surface area contributed by atoms with Gasteiger partial charge in [-0.05, 0) is 46.9 Å². The molecule has 1 atom stereocenters. The molecule has 1 aromatic heterocycles. The van der Waals surface area contributed by atoms with Gasteiger partial charge in [0.05, 0.1) is 11.7 Å². The normalized spacial score (nSPS) is 13.5. The second-order valence-corrected chi connectivity index (χ2v) is 8.19. The Kier molecular flexibility index (Phi) is 5.18. The second kappa shape index (κ2) is 6.92. The molecule has 5 heteroatoms. The summed E-state index contributed by atoms with van der Waals surface area (Å²) in [6.07, 6.45) is 2.02. The summed E-state index contributed by atoms with van der Waals surface area (Å²) < 4.78 is 8.07. The molecule has 4 nitrogen and oxygen atoms in total. The second-order valence-electron chi connectivity index (χ2n) is 5.86. The zero-order valence-electron chi connectivity index (χ0n) is 14.3. The molecule has 0 saturated carbocycles. The largest absolute Gasteiger partial charge is 0.547 e. The minimum Gasteiger partial charge on any atom is -0.547 e. The molecule has 1 heterocycles. The first-order valence-corrected chi connectivity index (χ1v) is 10.5. The van der Waals surface area contributed by atoms with E-state index in [0.29, 0.717) is 0 Å². The number of aromatic nitrogens is 2. The molecule has 0 aliphatic carbocycles. The Morgan fingerprint density at radius 1 is 1.27 bits per heavy atom. The summed E-state index contributed by atoms with van der Waals surface area (Å²) in [6, 6.07) is 8.24.